The summed E-state index contributed by atoms with van der Waals surface area (Å²) in [4.78, 5) is 2.81. The minimum Gasteiger partial charge on any atom is -0.491 e. The topological polar surface area (TPSA) is 50.5 Å². The predicted octanol–water partition coefficient (Wildman–Crippen LogP) is -0.0630. The molecule has 0 spiro atoms. The summed E-state index contributed by atoms with van der Waals surface area (Å²) in [6, 6.07) is 14.4. The van der Waals surface area contributed by atoms with Crippen LogP contribution in [-0.4, -0.2) is 45.0 Å². The lowest BCUT2D eigenvalue weighted by atomic mass is 10.2. The van der Waals surface area contributed by atoms with Gasteiger partial charge in [-0.05, 0) is 23.6 Å². The molecule has 22 heavy (non-hydrogen) atoms. The molecule has 0 radical (unpaired) electrons. The van der Waals surface area contributed by atoms with E-state index in [1.807, 2.05) is 30.3 Å². The van der Waals surface area contributed by atoms with Gasteiger partial charge in [-0.15, -0.1) is 11.3 Å². The third-order valence-corrected chi connectivity index (χ3v) is 4.60. The number of thiophene rings is 1. The number of hydrogen-bond donors (Lipinski definition) is 3. The van der Waals surface area contributed by atoms with Gasteiger partial charge in [0.15, 0.2) is 6.04 Å². The first-order chi connectivity index (χ1) is 10.7. The number of benzene rings is 1. The number of likely N-dealkylation sites (N-methyl/N-ethyl adjacent to an activating group) is 1. The fraction of sp³-hybridized carbons (Fsp3) is 0.412. The average molecular weight is 322 g/mol. The maximum absolute atomic E-state index is 10.0. The molecule has 5 heteroatoms. The monoisotopic (exact) mass is 322 g/mol. The van der Waals surface area contributed by atoms with Crippen LogP contribution in [0.5, 0.6) is 5.75 Å². The van der Waals surface area contributed by atoms with E-state index in [0.717, 1.165) is 12.3 Å². The lowest BCUT2D eigenvalue weighted by Crippen LogP contribution is -3.09. The van der Waals surface area contributed by atoms with Crippen LogP contribution in [0.4, 0.5) is 0 Å². The lowest BCUT2D eigenvalue weighted by Gasteiger charge is -2.19. The van der Waals surface area contributed by atoms with E-state index in [4.69, 9.17) is 4.74 Å². The van der Waals surface area contributed by atoms with E-state index in [-0.39, 0.29) is 0 Å². The van der Waals surface area contributed by atoms with Gasteiger partial charge in [-0.1, -0.05) is 24.3 Å². The van der Waals surface area contributed by atoms with Gasteiger partial charge >= 0.3 is 0 Å². The Bertz CT molecular complexity index is 517. The van der Waals surface area contributed by atoms with Crippen LogP contribution in [0.15, 0.2) is 47.8 Å². The molecule has 0 fully saturated rings. The van der Waals surface area contributed by atoms with Crippen LogP contribution in [0.2, 0.25) is 0 Å². The number of aliphatic hydroxyl groups is 1. The smallest absolute Gasteiger partial charge is 0.171 e. The molecule has 120 valence electrons. The van der Waals surface area contributed by atoms with Crippen molar-refractivity contribution in [1.82, 2.24) is 0 Å². The molecule has 1 aromatic heterocycles. The summed E-state index contributed by atoms with van der Waals surface area (Å²) in [6.07, 6.45) is -0.457. The lowest BCUT2D eigenvalue weighted by molar-refractivity contribution is -0.909. The highest BCUT2D eigenvalue weighted by Gasteiger charge is 2.21. The fourth-order valence-corrected chi connectivity index (χ4v) is 3.33. The molecule has 1 aromatic carbocycles. The molecule has 0 saturated heterocycles. The van der Waals surface area contributed by atoms with Gasteiger partial charge in [0, 0.05) is 0 Å². The van der Waals surface area contributed by atoms with Crippen molar-refractivity contribution in [2.45, 2.75) is 12.1 Å². The van der Waals surface area contributed by atoms with Gasteiger partial charge in [-0.3, -0.25) is 0 Å². The van der Waals surface area contributed by atoms with E-state index < -0.39 is 6.10 Å². The fourth-order valence-electron chi connectivity index (χ4n) is 2.36. The van der Waals surface area contributed by atoms with Crippen molar-refractivity contribution in [2.24, 2.45) is 0 Å². The molecule has 4 N–H and O–H groups in total. The molecule has 2 atom stereocenters. The molecule has 1 heterocycles. The summed E-state index contributed by atoms with van der Waals surface area (Å²) >= 11 is 1.80. The van der Waals surface area contributed by atoms with Crippen LogP contribution in [0.25, 0.3) is 0 Å². The number of rotatable bonds is 9. The quantitative estimate of drug-likeness (QED) is 0.606. The second kappa shape index (κ2) is 8.90. The zero-order valence-corrected chi connectivity index (χ0v) is 14.1. The highest BCUT2D eigenvalue weighted by Crippen LogP contribution is 2.14. The molecule has 2 aromatic rings. The second-order valence-electron chi connectivity index (χ2n) is 5.68. The largest absolute Gasteiger partial charge is 0.491 e. The molecule has 4 nitrogen and oxygen atoms in total. The first kappa shape index (κ1) is 17.0. The van der Waals surface area contributed by atoms with Crippen LogP contribution < -0.4 is 15.0 Å². The molecule has 0 amide bonds. The van der Waals surface area contributed by atoms with Crippen LogP contribution in [0, 0.1) is 0 Å². The Balaban J connectivity index is 1.70. The average Bonchev–Trinajstić information content (AvgIpc) is 3.04. The van der Waals surface area contributed by atoms with Crippen LogP contribution in [0.1, 0.15) is 10.9 Å². The zero-order valence-electron chi connectivity index (χ0n) is 13.2. The van der Waals surface area contributed by atoms with Gasteiger partial charge in [0.05, 0.1) is 19.0 Å². The van der Waals surface area contributed by atoms with Crippen LogP contribution in [0.3, 0.4) is 0 Å². The summed E-state index contributed by atoms with van der Waals surface area (Å²) in [7, 11) is 4.35. The summed E-state index contributed by atoms with van der Waals surface area (Å²) in [5, 5.41) is 14.3. The molecule has 2 rings (SSSR count). The van der Waals surface area contributed by atoms with Gasteiger partial charge < -0.3 is 20.1 Å². The first-order valence-electron chi connectivity index (χ1n) is 7.68. The number of aliphatic hydroxyl groups excluding tert-OH is 1. The minimum absolute atomic E-state index is 0.332. The van der Waals surface area contributed by atoms with Gasteiger partial charge in [-0.2, -0.15) is 0 Å². The number of nitrogens with two attached hydrogens (primary N) is 1. The number of hydrogen-bond acceptors (Lipinski definition) is 3. The van der Waals surface area contributed by atoms with Crippen molar-refractivity contribution in [2.75, 3.05) is 33.8 Å². The third kappa shape index (κ3) is 5.42. The van der Waals surface area contributed by atoms with E-state index in [0.29, 0.717) is 19.2 Å². The van der Waals surface area contributed by atoms with Crippen LogP contribution >= 0.6 is 11.3 Å². The SMILES string of the molecule is C[NH+](C)[C@@H](C[NH2+]C[C@@H](O)COc1ccccc1)c1cccs1. The second-order valence-corrected chi connectivity index (χ2v) is 6.66. The number of nitrogens with one attached hydrogen (secondary N) is 1. The molecular formula is C17H26N2O2S+2. The van der Waals surface area contributed by atoms with Crippen molar-refractivity contribution >= 4 is 11.3 Å². The van der Waals surface area contributed by atoms with Gasteiger partial charge in [0.2, 0.25) is 0 Å². The summed E-state index contributed by atoms with van der Waals surface area (Å²) in [5.74, 6) is 0.802. The molecule has 0 saturated carbocycles. The van der Waals surface area contributed by atoms with Gasteiger partial charge in [0.1, 0.15) is 31.5 Å². The van der Waals surface area contributed by atoms with E-state index in [1.165, 1.54) is 9.78 Å². The molecule has 0 unspecified atom stereocenters. The Kier molecular flexibility index (Phi) is 6.86. The Labute approximate surface area is 136 Å². The van der Waals surface area contributed by atoms with Crippen molar-refractivity contribution in [3.05, 3.63) is 52.7 Å². The van der Waals surface area contributed by atoms with E-state index >= 15 is 0 Å². The van der Waals surface area contributed by atoms with Crippen molar-refractivity contribution in [1.29, 1.82) is 0 Å². The summed E-state index contributed by atoms with van der Waals surface area (Å²) in [6.45, 7) is 1.95. The normalized spacial score (nSPS) is 14.0. The number of quaternary nitrogens is 2. The first-order valence-corrected chi connectivity index (χ1v) is 8.56. The predicted molar refractivity (Wildman–Crippen MR) is 89.5 cm³/mol. The summed E-state index contributed by atoms with van der Waals surface area (Å²) in [5.41, 5.74) is 0. The van der Waals surface area contributed by atoms with Crippen LogP contribution in [-0.2, 0) is 0 Å². The number of para-hydroxylation sites is 1. The minimum atomic E-state index is -0.457. The van der Waals surface area contributed by atoms with E-state index in [1.54, 1.807) is 11.3 Å². The molecule has 0 aliphatic rings. The maximum Gasteiger partial charge on any atom is 0.171 e. The third-order valence-electron chi connectivity index (χ3n) is 3.61. The summed E-state index contributed by atoms with van der Waals surface area (Å²) < 4.78 is 5.57. The molecular weight excluding hydrogens is 296 g/mol. The van der Waals surface area contributed by atoms with Crippen molar-refractivity contribution in [3.63, 3.8) is 0 Å². The van der Waals surface area contributed by atoms with Gasteiger partial charge in [0.25, 0.3) is 0 Å². The van der Waals surface area contributed by atoms with E-state index in [9.17, 15) is 5.11 Å². The zero-order chi connectivity index (χ0) is 15.8. The Morgan fingerprint density at radius 3 is 2.55 bits per heavy atom. The standard InChI is InChI=1S/C17H24N2O2S/c1-19(2)16(17-9-6-10-22-17)12-18-11-14(20)13-21-15-7-4-3-5-8-15/h3-10,14,16,18,20H,11-13H2,1-2H3/p+2/t14-,16+/m1/s1. The molecule has 0 bridgehead atoms. The number of ether oxygens (including phenoxy) is 1. The van der Waals surface area contributed by atoms with Crippen molar-refractivity contribution in [3.8, 4) is 5.75 Å². The highest BCUT2D eigenvalue weighted by atomic mass is 32.1. The molecule has 0 aliphatic heterocycles. The Morgan fingerprint density at radius 2 is 1.91 bits per heavy atom. The van der Waals surface area contributed by atoms with Crippen molar-refractivity contribution < 1.29 is 20.1 Å². The highest BCUT2D eigenvalue weighted by molar-refractivity contribution is 7.10. The molecule has 0 aliphatic carbocycles. The van der Waals surface area contributed by atoms with Gasteiger partial charge in [-0.25, -0.2) is 0 Å². The maximum atomic E-state index is 10.0. The Morgan fingerprint density at radius 1 is 1.14 bits per heavy atom. The van der Waals surface area contributed by atoms with E-state index in [2.05, 4.69) is 36.9 Å². The Hall–Kier alpha value is -1.40.